The van der Waals surface area contributed by atoms with Crippen molar-refractivity contribution < 1.29 is 33.1 Å². The number of aliphatic hydroxyl groups excluding tert-OH is 1. The van der Waals surface area contributed by atoms with Crippen LogP contribution >= 0.6 is 0 Å². The van der Waals surface area contributed by atoms with E-state index in [-0.39, 0.29) is 41.0 Å². The van der Waals surface area contributed by atoms with Crippen molar-refractivity contribution >= 4 is 25.6 Å². The number of rotatable bonds is 10. The molecule has 2 aromatic carbocycles. The number of carbonyl (C=O) groups is 2. The highest BCUT2D eigenvalue weighted by molar-refractivity contribution is 6.74. The molecule has 0 aliphatic heterocycles. The molecular weight excluding hydrogens is 687 g/mol. The Kier molecular flexibility index (Phi) is 9.32. The summed E-state index contributed by atoms with van der Waals surface area (Å²) in [6.07, 6.45) is 5.34. The Bertz CT molecular complexity index is 2090. The molecule has 7 rings (SSSR count). The molecule has 2 aromatic heterocycles. The highest BCUT2D eigenvalue weighted by Crippen LogP contribution is 2.61. The van der Waals surface area contributed by atoms with E-state index in [4.69, 9.17) is 18.4 Å². The highest BCUT2D eigenvalue weighted by atomic mass is 28.4. The Morgan fingerprint density at radius 3 is 2.17 bits per heavy atom. The number of hydrogen-bond acceptors (Lipinski definition) is 10. The Labute approximate surface area is 311 Å². The fourth-order valence-electron chi connectivity index (χ4n) is 7.99. The van der Waals surface area contributed by atoms with Crippen LogP contribution in [0, 0.1) is 11.8 Å². The molecule has 0 radical (unpaired) electrons. The second kappa shape index (κ2) is 13.5. The summed E-state index contributed by atoms with van der Waals surface area (Å²) in [5.74, 6) is -2.36. The van der Waals surface area contributed by atoms with Gasteiger partial charge in [-0.1, -0.05) is 87.5 Å². The van der Waals surface area contributed by atoms with Crippen LogP contribution in [0.25, 0.3) is 5.76 Å². The lowest BCUT2D eigenvalue weighted by Crippen LogP contribution is -2.68. The molecule has 3 aliphatic carbocycles. The summed E-state index contributed by atoms with van der Waals surface area (Å²) < 4.78 is 25.7. The van der Waals surface area contributed by atoms with E-state index in [0.717, 1.165) is 11.1 Å². The molecule has 0 amide bonds. The molecule has 4 aromatic rings. The zero-order valence-electron chi connectivity index (χ0n) is 31.4. The quantitative estimate of drug-likeness (QED) is 0.0968. The van der Waals surface area contributed by atoms with Gasteiger partial charge in [-0.3, -0.25) is 19.5 Å². The molecule has 1 N–H and O–H groups in total. The van der Waals surface area contributed by atoms with Gasteiger partial charge in [-0.2, -0.15) is 0 Å². The van der Waals surface area contributed by atoms with Crippen LogP contribution < -0.4 is 9.47 Å². The van der Waals surface area contributed by atoms with Gasteiger partial charge >= 0.3 is 0 Å². The first-order valence-electron chi connectivity index (χ1n) is 18.0. The summed E-state index contributed by atoms with van der Waals surface area (Å²) >= 11 is 0. The van der Waals surface area contributed by atoms with Crippen molar-refractivity contribution in [3.05, 3.63) is 125 Å². The van der Waals surface area contributed by atoms with E-state index in [1.165, 1.54) is 0 Å². The first kappa shape index (κ1) is 36.5. The fraction of sp³-hybridized carbons (Fsp3) is 0.381. The molecule has 0 spiro atoms. The Hall–Kier alpha value is -4.84. The lowest BCUT2D eigenvalue weighted by molar-refractivity contribution is -0.140. The van der Waals surface area contributed by atoms with Crippen molar-refractivity contribution in [3.8, 4) is 11.6 Å². The molecule has 5 atom stereocenters. The molecule has 10 nitrogen and oxygen atoms in total. The summed E-state index contributed by atoms with van der Waals surface area (Å²) in [5.41, 5.74) is 1.09. The number of benzene rings is 2. The third-order valence-electron chi connectivity index (χ3n) is 11.6. The van der Waals surface area contributed by atoms with E-state index in [9.17, 15) is 5.11 Å². The van der Waals surface area contributed by atoms with Gasteiger partial charge in [-0.05, 0) is 60.5 Å². The molecular formula is C42H47N3O7Si. The maximum absolute atomic E-state index is 15.8. The molecule has 11 heteroatoms. The van der Waals surface area contributed by atoms with Crippen LogP contribution in [0.4, 0.5) is 0 Å². The normalized spacial score (nSPS) is 23.9. The van der Waals surface area contributed by atoms with Gasteiger partial charge < -0.3 is 23.5 Å². The number of ketones is 2. The van der Waals surface area contributed by atoms with Crippen molar-refractivity contribution in [2.75, 3.05) is 14.1 Å². The monoisotopic (exact) mass is 733 g/mol. The van der Waals surface area contributed by atoms with E-state index < -0.39 is 49.3 Å². The van der Waals surface area contributed by atoms with E-state index in [0.29, 0.717) is 29.1 Å². The van der Waals surface area contributed by atoms with Crippen molar-refractivity contribution in [1.29, 1.82) is 0 Å². The SMILES string of the molecule is C=C[C@H]1c2cncc(OCc3ccccc3)c2C(O)=C2C(=O)[C@]3(O[Si](C)(C)C(C)(C)C)C(=O)c4c(OCc5ccccc5)noc4[C@@H](N(C)C)[C@@H]3C[C@@H]21. The molecule has 0 bridgehead atoms. The van der Waals surface area contributed by atoms with E-state index >= 15 is 9.59 Å². The van der Waals surface area contributed by atoms with Crippen LogP contribution in [0.1, 0.15) is 77.5 Å². The fourth-order valence-corrected chi connectivity index (χ4v) is 9.43. The molecule has 0 unspecified atom stereocenters. The van der Waals surface area contributed by atoms with E-state index in [2.05, 4.69) is 37.5 Å². The lowest BCUT2D eigenvalue weighted by Gasteiger charge is -2.55. The molecule has 1 fully saturated rings. The highest BCUT2D eigenvalue weighted by Gasteiger charge is 2.69. The smallest absolute Gasteiger partial charge is 0.265 e. The van der Waals surface area contributed by atoms with Gasteiger partial charge in [0.25, 0.3) is 5.88 Å². The van der Waals surface area contributed by atoms with Gasteiger partial charge in [0.05, 0.1) is 17.8 Å². The standard InChI is InChI=1S/C42H47N3O7Si/c1-9-27-28-20-30-35(45(5)6)37-34(40(44-51-37)50-24-26-18-14-11-15-19-26)39(48)42(30,52-53(7,8)41(2,3)4)38(47)33(28)36(46)32-29(27)21-43-22-31(32)49-23-25-16-12-10-13-17-25/h9-19,21-22,27-28,30,35,46H,1,20,23-24H2,2-8H3/t27-,28-,30+,35+,42+/m1/s1. The van der Waals surface area contributed by atoms with E-state index in [1.54, 1.807) is 18.5 Å². The Morgan fingerprint density at radius 1 is 0.962 bits per heavy atom. The third kappa shape index (κ3) is 5.95. The van der Waals surface area contributed by atoms with Crippen molar-refractivity contribution in [2.45, 2.75) is 76.1 Å². The van der Waals surface area contributed by atoms with Crippen LogP contribution in [0.2, 0.25) is 18.1 Å². The zero-order chi connectivity index (χ0) is 37.9. The summed E-state index contributed by atoms with van der Waals surface area (Å²) in [7, 11) is 0.889. The number of nitrogens with zero attached hydrogens (tertiary/aromatic N) is 3. The second-order valence-electron chi connectivity index (χ2n) is 16.0. The number of fused-ring (bicyclic) bond motifs is 4. The number of ether oxygens (including phenoxy) is 2. The van der Waals surface area contributed by atoms with Gasteiger partial charge in [0.1, 0.15) is 30.3 Å². The molecule has 0 saturated heterocycles. The molecule has 3 aliphatic rings. The summed E-state index contributed by atoms with van der Waals surface area (Å²) in [6.45, 7) is 14.8. The van der Waals surface area contributed by atoms with E-state index in [1.807, 2.05) is 92.8 Å². The van der Waals surface area contributed by atoms with Gasteiger partial charge in [0, 0.05) is 29.5 Å². The summed E-state index contributed by atoms with van der Waals surface area (Å²) in [6, 6.07) is 18.6. The lowest BCUT2D eigenvalue weighted by atomic mass is 9.55. The summed E-state index contributed by atoms with van der Waals surface area (Å²) in [4.78, 5) is 37.7. The van der Waals surface area contributed by atoms with Gasteiger partial charge in [0.2, 0.25) is 11.6 Å². The number of hydrogen-bond donors (Lipinski definition) is 1. The average Bonchev–Trinajstić information content (AvgIpc) is 3.54. The predicted molar refractivity (Wildman–Crippen MR) is 203 cm³/mol. The number of aromatic nitrogens is 2. The van der Waals surface area contributed by atoms with Crippen molar-refractivity contribution in [3.63, 3.8) is 0 Å². The van der Waals surface area contributed by atoms with Gasteiger partial charge in [-0.15, -0.1) is 6.58 Å². The molecule has 53 heavy (non-hydrogen) atoms. The first-order valence-corrected chi connectivity index (χ1v) is 20.9. The number of aliphatic hydroxyl groups is 1. The number of allylic oxidation sites excluding steroid dienone is 1. The number of pyridine rings is 1. The molecule has 2 heterocycles. The molecule has 1 saturated carbocycles. The van der Waals surface area contributed by atoms with Crippen molar-refractivity contribution in [2.24, 2.45) is 11.8 Å². The Balaban J connectivity index is 1.42. The largest absolute Gasteiger partial charge is 0.507 e. The van der Waals surface area contributed by atoms with Crippen LogP contribution in [0.3, 0.4) is 0 Å². The molecule has 276 valence electrons. The van der Waals surface area contributed by atoms with Crippen molar-refractivity contribution in [1.82, 2.24) is 15.0 Å². The minimum Gasteiger partial charge on any atom is -0.507 e. The maximum Gasteiger partial charge on any atom is 0.265 e. The number of Topliss-reactive ketones (excluding diaryl/α,β-unsaturated/α-hetero) is 2. The second-order valence-corrected chi connectivity index (χ2v) is 20.7. The van der Waals surface area contributed by atoms with Crippen LogP contribution in [0.15, 0.2) is 95.8 Å². The maximum atomic E-state index is 15.8. The Morgan fingerprint density at radius 2 is 1.58 bits per heavy atom. The average molecular weight is 734 g/mol. The third-order valence-corrected chi connectivity index (χ3v) is 16.0. The predicted octanol–water partition coefficient (Wildman–Crippen LogP) is 8.24. The minimum absolute atomic E-state index is 0.00566. The van der Waals surface area contributed by atoms with Gasteiger partial charge in [-0.25, -0.2) is 0 Å². The topological polar surface area (TPSA) is 124 Å². The van der Waals surface area contributed by atoms with Gasteiger partial charge in [0.15, 0.2) is 19.7 Å². The van der Waals surface area contributed by atoms with Crippen LogP contribution in [-0.2, 0) is 22.4 Å². The number of carbonyl (C=O) groups excluding carboxylic acids is 2. The minimum atomic E-state index is -2.89. The first-order chi connectivity index (χ1) is 25.2. The van der Waals surface area contributed by atoms with Crippen LogP contribution in [-0.4, -0.2) is 59.7 Å². The summed E-state index contributed by atoms with van der Waals surface area (Å²) in [5, 5.41) is 16.3. The zero-order valence-corrected chi connectivity index (χ0v) is 32.4. The van der Waals surface area contributed by atoms with Crippen LogP contribution in [0.5, 0.6) is 11.6 Å².